The molecule has 2 aromatic heterocycles. The molecule has 0 aliphatic heterocycles. The smallest absolute Gasteiger partial charge is 0.356 e. The first-order valence-corrected chi connectivity index (χ1v) is 5.32. The number of anilines is 1. The van der Waals surface area contributed by atoms with Crippen LogP contribution in [0.5, 0.6) is 0 Å². The Balaban J connectivity index is 2.85. The van der Waals surface area contributed by atoms with E-state index in [1.165, 1.54) is 0 Å². The number of fused-ring (bicyclic) bond motifs is 1. The topological polar surface area (TPSA) is 80.6 Å². The van der Waals surface area contributed by atoms with E-state index in [4.69, 9.17) is 10.8 Å². The fraction of sp³-hybridized carbons (Fsp3) is 0.333. The number of nitrogens with two attached hydrogens (primary N) is 1. The van der Waals surface area contributed by atoms with Crippen molar-refractivity contribution in [1.29, 1.82) is 0 Å². The number of nitrogens with zero attached hydrogens (tertiary/aromatic N) is 2. The van der Waals surface area contributed by atoms with Crippen LogP contribution in [-0.2, 0) is 5.41 Å². The number of aromatic carboxylic acids is 1. The van der Waals surface area contributed by atoms with Crippen LogP contribution in [0.2, 0.25) is 0 Å². The van der Waals surface area contributed by atoms with Crippen LogP contribution in [0.3, 0.4) is 0 Å². The predicted molar refractivity (Wildman–Crippen MR) is 65.3 cm³/mol. The van der Waals surface area contributed by atoms with Gasteiger partial charge in [0.05, 0.1) is 5.52 Å². The molecule has 0 aromatic carbocycles. The van der Waals surface area contributed by atoms with Gasteiger partial charge < -0.3 is 15.2 Å². The molecular formula is C12H15N3O2. The van der Waals surface area contributed by atoms with Crippen molar-refractivity contribution in [3.63, 3.8) is 0 Å². The molecule has 2 rings (SSSR count). The summed E-state index contributed by atoms with van der Waals surface area (Å²) in [5, 5.41) is 9.14. The van der Waals surface area contributed by atoms with E-state index in [1.807, 2.05) is 20.8 Å². The van der Waals surface area contributed by atoms with Crippen molar-refractivity contribution in [1.82, 2.24) is 9.38 Å². The van der Waals surface area contributed by atoms with E-state index in [0.717, 1.165) is 0 Å². The van der Waals surface area contributed by atoms with Gasteiger partial charge in [-0.05, 0) is 12.1 Å². The number of hydrogen-bond donors (Lipinski definition) is 2. The van der Waals surface area contributed by atoms with Crippen LogP contribution in [0, 0.1) is 0 Å². The predicted octanol–water partition coefficient (Wildman–Crippen LogP) is 1.91. The first kappa shape index (κ1) is 11.4. The first-order valence-electron chi connectivity index (χ1n) is 5.32. The van der Waals surface area contributed by atoms with E-state index in [0.29, 0.717) is 17.0 Å². The van der Waals surface area contributed by atoms with Crippen molar-refractivity contribution in [2.75, 3.05) is 5.73 Å². The number of hydrogen-bond acceptors (Lipinski definition) is 3. The molecule has 0 aliphatic carbocycles. The maximum absolute atomic E-state index is 11.1. The molecule has 0 aliphatic rings. The Labute approximate surface area is 98.9 Å². The van der Waals surface area contributed by atoms with Crippen LogP contribution >= 0.6 is 0 Å². The van der Waals surface area contributed by atoms with E-state index in [1.54, 1.807) is 22.7 Å². The van der Waals surface area contributed by atoms with Crippen LogP contribution in [0.1, 0.15) is 37.1 Å². The first-order chi connectivity index (χ1) is 7.80. The SMILES string of the molecule is CC(C)(C)c1nc(C(=O)O)c2cc(N)ccn12. The minimum Gasteiger partial charge on any atom is -0.476 e. The molecule has 0 amide bonds. The van der Waals surface area contributed by atoms with Crippen molar-refractivity contribution in [3.05, 3.63) is 29.8 Å². The van der Waals surface area contributed by atoms with E-state index in [2.05, 4.69) is 4.98 Å². The lowest BCUT2D eigenvalue weighted by Gasteiger charge is -2.16. The summed E-state index contributed by atoms with van der Waals surface area (Å²) in [6.07, 6.45) is 1.75. The van der Waals surface area contributed by atoms with Gasteiger partial charge in [-0.25, -0.2) is 9.78 Å². The molecule has 0 saturated carbocycles. The zero-order valence-corrected chi connectivity index (χ0v) is 10.1. The molecule has 0 saturated heterocycles. The summed E-state index contributed by atoms with van der Waals surface area (Å²) in [6, 6.07) is 3.36. The van der Waals surface area contributed by atoms with Gasteiger partial charge in [0.2, 0.25) is 0 Å². The molecule has 0 fully saturated rings. The number of aromatic nitrogens is 2. The largest absolute Gasteiger partial charge is 0.476 e. The third kappa shape index (κ3) is 1.84. The van der Waals surface area contributed by atoms with Gasteiger partial charge in [-0.2, -0.15) is 0 Å². The highest BCUT2D eigenvalue weighted by Gasteiger charge is 2.24. The van der Waals surface area contributed by atoms with Gasteiger partial charge in [0.1, 0.15) is 5.82 Å². The Morgan fingerprint density at radius 3 is 2.65 bits per heavy atom. The fourth-order valence-electron chi connectivity index (χ4n) is 1.79. The Hall–Kier alpha value is -2.04. The summed E-state index contributed by atoms with van der Waals surface area (Å²) in [5.41, 5.74) is 6.55. The minimum absolute atomic E-state index is 0.0437. The average molecular weight is 233 g/mol. The Kier molecular flexibility index (Phi) is 2.34. The van der Waals surface area contributed by atoms with Gasteiger partial charge in [0.15, 0.2) is 5.69 Å². The van der Waals surface area contributed by atoms with Crippen molar-refractivity contribution in [2.45, 2.75) is 26.2 Å². The molecule has 0 spiro atoms. The normalized spacial score (nSPS) is 11.9. The highest BCUT2D eigenvalue weighted by molar-refractivity contribution is 5.94. The van der Waals surface area contributed by atoms with Crippen molar-refractivity contribution in [3.8, 4) is 0 Å². The number of carbonyl (C=O) groups is 1. The van der Waals surface area contributed by atoms with Crippen LogP contribution < -0.4 is 5.73 Å². The molecule has 2 aromatic rings. The lowest BCUT2D eigenvalue weighted by Crippen LogP contribution is -2.16. The maximum atomic E-state index is 11.1. The highest BCUT2D eigenvalue weighted by Crippen LogP contribution is 2.25. The zero-order chi connectivity index (χ0) is 12.8. The molecule has 0 atom stereocenters. The van der Waals surface area contributed by atoms with Crippen molar-refractivity contribution < 1.29 is 9.90 Å². The van der Waals surface area contributed by atoms with Crippen LogP contribution in [0.25, 0.3) is 5.52 Å². The van der Waals surface area contributed by atoms with Gasteiger partial charge in [-0.3, -0.25) is 0 Å². The molecule has 3 N–H and O–H groups in total. The molecule has 5 heteroatoms. The second-order valence-electron chi connectivity index (χ2n) is 5.05. The van der Waals surface area contributed by atoms with E-state index >= 15 is 0 Å². The van der Waals surface area contributed by atoms with Crippen molar-refractivity contribution >= 4 is 17.2 Å². The van der Waals surface area contributed by atoms with Gasteiger partial charge >= 0.3 is 5.97 Å². The van der Waals surface area contributed by atoms with Crippen LogP contribution in [0.4, 0.5) is 5.69 Å². The lowest BCUT2D eigenvalue weighted by molar-refractivity contribution is 0.0693. The van der Waals surface area contributed by atoms with Gasteiger partial charge in [0, 0.05) is 17.3 Å². The molecule has 17 heavy (non-hydrogen) atoms. The molecule has 2 heterocycles. The molecule has 0 radical (unpaired) electrons. The maximum Gasteiger partial charge on any atom is 0.356 e. The second-order valence-corrected chi connectivity index (χ2v) is 5.05. The summed E-state index contributed by atoms with van der Waals surface area (Å²) in [4.78, 5) is 15.4. The van der Waals surface area contributed by atoms with E-state index in [-0.39, 0.29) is 11.1 Å². The van der Waals surface area contributed by atoms with E-state index in [9.17, 15) is 4.79 Å². The molecular weight excluding hydrogens is 218 g/mol. The minimum atomic E-state index is -1.04. The van der Waals surface area contributed by atoms with Gasteiger partial charge in [-0.15, -0.1) is 0 Å². The average Bonchev–Trinajstić information content (AvgIpc) is 2.55. The summed E-state index contributed by atoms with van der Waals surface area (Å²) < 4.78 is 1.78. The van der Waals surface area contributed by atoms with Gasteiger partial charge in [-0.1, -0.05) is 20.8 Å². The summed E-state index contributed by atoms with van der Waals surface area (Å²) in [6.45, 7) is 5.97. The summed E-state index contributed by atoms with van der Waals surface area (Å²) in [5.74, 6) is -0.325. The quantitative estimate of drug-likeness (QED) is 0.788. The Morgan fingerprint density at radius 1 is 1.47 bits per heavy atom. The molecule has 0 unspecified atom stereocenters. The highest BCUT2D eigenvalue weighted by atomic mass is 16.4. The third-order valence-corrected chi connectivity index (χ3v) is 2.54. The Bertz CT molecular complexity index is 594. The van der Waals surface area contributed by atoms with Gasteiger partial charge in [0.25, 0.3) is 0 Å². The summed E-state index contributed by atoms with van der Waals surface area (Å²) in [7, 11) is 0. The Morgan fingerprint density at radius 2 is 2.12 bits per heavy atom. The number of pyridine rings is 1. The van der Waals surface area contributed by atoms with Crippen LogP contribution in [-0.4, -0.2) is 20.5 Å². The zero-order valence-electron chi connectivity index (χ0n) is 10.1. The molecule has 5 nitrogen and oxygen atoms in total. The van der Waals surface area contributed by atoms with Crippen LogP contribution in [0.15, 0.2) is 18.3 Å². The number of imidazole rings is 1. The molecule has 90 valence electrons. The van der Waals surface area contributed by atoms with E-state index < -0.39 is 5.97 Å². The standard InChI is InChI=1S/C12H15N3O2/c1-12(2,3)11-14-9(10(16)17)8-6-7(13)4-5-15(8)11/h4-6H,13H2,1-3H3,(H,16,17). The summed E-state index contributed by atoms with van der Waals surface area (Å²) >= 11 is 0. The number of carboxylic acid groups (broad SMARTS) is 1. The number of rotatable bonds is 1. The number of nitrogen functional groups attached to an aromatic ring is 1. The molecule has 0 bridgehead atoms. The monoisotopic (exact) mass is 233 g/mol. The number of carboxylic acids is 1. The lowest BCUT2D eigenvalue weighted by atomic mass is 9.96. The second kappa shape index (κ2) is 3.48. The third-order valence-electron chi connectivity index (χ3n) is 2.54. The fourth-order valence-corrected chi connectivity index (χ4v) is 1.79. The van der Waals surface area contributed by atoms with Crippen molar-refractivity contribution in [2.24, 2.45) is 0 Å².